The van der Waals surface area contributed by atoms with Crippen LogP contribution in [0.1, 0.15) is 11.3 Å². The molecule has 0 saturated carbocycles. The van der Waals surface area contributed by atoms with Gasteiger partial charge in [0, 0.05) is 22.0 Å². The van der Waals surface area contributed by atoms with E-state index in [1.54, 1.807) is 6.20 Å². The van der Waals surface area contributed by atoms with Crippen LogP contribution < -0.4 is 0 Å². The van der Waals surface area contributed by atoms with Crippen molar-refractivity contribution in [2.75, 3.05) is 0 Å². The normalized spacial score (nSPS) is 10.9. The summed E-state index contributed by atoms with van der Waals surface area (Å²) in [6, 6.07) is 15.7. The topological polar surface area (TPSA) is 71.8 Å². The first kappa shape index (κ1) is 17.4. The number of hydrogen-bond donors (Lipinski definition) is 1. The Kier molecular flexibility index (Phi) is 4.73. The molecule has 4 rings (SSSR count). The number of aromatic amines is 1. The molecule has 6 heteroatoms. The van der Waals surface area contributed by atoms with E-state index in [4.69, 9.17) is 4.52 Å². The lowest BCUT2D eigenvalue weighted by Crippen LogP contribution is -1.87. The molecule has 0 fully saturated rings. The highest BCUT2D eigenvalue weighted by atomic mass is 79.9. The van der Waals surface area contributed by atoms with E-state index in [1.165, 1.54) is 0 Å². The maximum atomic E-state index is 10.6. The maximum absolute atomic E-state index is 10.6. The quantitative estimate of drug-likeness (QED) is 0.448. The minimum absolute atomic E-state index is 0.416. The third kappa shape index (κ3) is 3.48. The van der Waals surface area contributed by atoms with Gasteiger partial charge in [-0.05, 0) is 24.6 Å². The van der Waals surface area contributed by atoms with Crippen LogP contribution in [-0.2, 0) is 11.2 Å². The Balaban J connectivity index is 1.72. The Morgan fingerprint density at radius 2 is 1.96 bits per heavy atom. The fraction of sp³-hybridized carbons (Fsp3) is 0.0952. The van der Waals surface area contributed by atoms with Gasteiger partial charge in [-0.2, -0.15) is 0 Å². The van der Waals surface area contributed by atoms with Gasteiger partial charge in [-0.3, -0.25) is 0 Å². The third-order valence-corrected chi connectivity index (χ3v) is 4.85. The summed E-state index contributed by atoms with van der Waals surface area (Å²) in [7, 11) is 0. The highest BCUT2D eigenvalue weighted by molar-refractivity contribution is 9.10. The molecule has 0 atom stereocenters. The Morgan fingerprint density at radius 3 is 2.70 bits per heavy atom. The van der Waals surface area contributed by atoms with Crippen molar-refractivity contribution in [3.8, 4) is 33.9 Å². The van der Waals surface area contributed by atoms with Gasteiger partial charge in [-0.15, -0.1) is 0 Å². The first-order valence-corrected chi connectivity index (χ1v) is 9.25. The second kappa shape index (κ2) is 7.32. The zero-order valence-electron chi connectivity index (χ0n) is 14.6. The number of benzene rings is 2. The van der Waals surface area contributed by atoms with E-state index < -0.39 is 0 Å². The molecule has 0 aliphatic carbocycles. The van der Waals surface area contributed by atoms with Crippen molar-refractivity contribution in [2.24, 2.45) is 0 Å². The molecule has 27 heavy (non-hydrogen) atoms. The van der Waals surface area contributed by atoms with E-state index in [-0.39, 0.29) is 0 Å². The van der Waals surface area contributed by atoms with Crippen LogP contribution in [0.4, 0.5) is 0 Å². The summed E-state index contributed by atoms with van der Waals surface area (Å²) < 4.78 is 6.43. The second-order valence-corrected chi connectivity index (χ2v) is 7.10. The van der Waals surface area contributed by atoms with Gasteiger partial charge in [0.05, 0.1) is 17.5 Å². The van der Waals surface area contributed by atoms with Crippen molar-refractivity contribution >= 4 is 22.2 Å². The number of imidazole rings is 1. The molecule has 0 radical (unpaired) electrons. The molecule has 0 aliphatic heterocycles. The summed E-state index contributed by atoms with van der Waals surface area (Å²) in [4.78, 5) is 18.5. The van der Waals surface area contributed by atoms with Gasteiger partial charge in [0.25, 0.3) is 0 Å². The summed E-state index contributed by atoms with van der Waals surface area (Å²) in [6.07, 6.45) is 3.10. The van der Waals surface area contributed by atoms with Crippen LogP contribution in [0.3, 0.4) is 0 Å². The second-order valence-electron chi connectivity index (χ2n) is 6.19. The van der Waals surface area contributed by atoms with Gasteiger partial charge >= 0.3 is 0 Å². The van der Waals surface area contributed by atoms with E-state index in [9.17, 15) is 4.79 Å². The lowest BCUT2D eigenvalue weighted by molar-refractivity contribution is -0.107. The number of aldehydes is 1. The van der Waals surface area contributed by atoms with Crippen molar-refractivity contribution in [1.29, 1.82) is 0 Å². The zero-order valence-corrected chi connectivity index (χ0v) is 16.2. The van der Waals surface area contributed by atoms with E-state index in [1.807, 2.05) is 55.5 Å². The molecule has 0 bridgehead atoms. The molecule has 2 heterocycles. The molecule has 4 aromatic rings. The number of H-pyrrole nitrogens is 1. The molecule has 5 nitrogen and oxygen atoms in total. The number of carbonyl (C=O) groups excluding carboxylic acids is 1. The van der Waals surface area contributed by atoms with Gasteiger partial charge in [-0.1, -0.05) is 57.5 Å². The third-order valence-electron chi connectivity index (χ3n) is 4.35. The van der Waals surface area contributed by atoms with Gasteiger partial charge in [-0.25, -0.2) is 4.98 Å². The summed E-state index contributed by atoms with van der Waals surface area (Å²) >= 11 is 3.50. The van der Waals surface area contributed by atoms with Crippen LogP contribution in [0.5, 0.6) is 0 Å². The molecule has 0 amide bonds. The molecule has 134 valence electrons. The molecule has 0 aliphatic rings. The largest absolute Gasteiger partial charge is 0.360 e. The Labute approximate surface area is 164 Å². The van der Waals surface area contributed by atoms with Gasteiger partial charge in [0.15, 0.2) is 0 Å². The van der Waals surface area contributed by atoms with E-state index in [0.717, 1.165) is 56.0 Å². The van der Waals surface area contributed by atoms with Crippen LogP contribution in [0.15, 0.2) is 63.7 Å². The average Bonchev–Trinajstić information content (AvgIpc) is 3.29. The summed E-state index contributed by atoms with van der Waals surface area (Å²) in [5, 5.41) is 4.24. The monoisotopic (exact) mass is 421 g/mol. The number of hydrogen-bond acceptors (Lipinski definition) is 4. The number of aromatic nitrogens is 3. The first-order valence-electron chi connectivity index (χ1n) is 8.46. The Hall–Kier alpha value is -2.99. The smallest absolute Gasteiger partial charge is 0.143 e. The van der Waals surface area contributed by atoms with Crippen molar-refractivity contribution in [1.82, 2.24) is 15.1 Å². The fourth-order valence-corrected chi connectivity index (χ4v) is 3.41. The van der Waals surface area contributed by atoms with Crippen molar-refractivity contribution in [2.45, 2.75) is 13.3 Å². The summed E-state index contributed by atoms with van der Waals surface area (Å²) in [5.41, 5.74) is 5.40. The van der Waals surface area contributed by atoms with Crippen molar-refractivity contribution in [3.63, 3.8) is 0 Å². The fourth-order valence-electron chi connectivity index (χ4n) is 3.01. The lowest BCUT2D eigenvalue weighted by Gasteiger charge is -2.02. The number of aryl methyl sites for hydroxylation is 1. The predicted molar refractivity (Wildman–Crippen MR) is 107 cm³/mol. The summed E-state index contributed by atoms with van der Waals surface area (Å²) in [6.45, 7) is 1.89. The standard InChI is InChI=1S/C21H16BrN3O2/c1-13-19(20(25-27-13)16-3-2-4-17(22)11-16)18-12-23-21(24-18)15-7-5-14(6-8-15)9-10-26/h2-8,10-12H,9H2,1H3,(H,23,24). The molecule has 2 aromatic heterocycles. The SMILES string of the molecule is Cc1onc(-c2cccc(Br)c2)c1-c1cnc(-c2ccc(CC=O)cc2)[nH]1. The molecular formula is C21H16BrN3O2. The number of halogens is 1. The number of carbonyl (C=O) groups is 1. The molecule has 0 spiro atoms. The number of nitrogens with one attached hydrogen (secondary N) is 1. The number of rotatable bonds is 5. The Morgan fingerprint density at radius 1 is 1.15 bits per heavy atom. The molecule has 1 N–H and O–H groups in total. The highest BCUT2D eigenvalue weighted by Crippen LogP contribution is 2.35. The van der Waals surface area contributed by atoms with Crippen LogP contribution in [0, 0.1) is 6.92 Å². The zero-order chi connectivity index (χ0) is 18.8. The molecule has 0 saturated heterocycles. The molecule has 2 aromatic carbocycles. The molecular weight excluding hydrogens is 406 g/mol. The van der Waals surface area contributed by atoms with Crippen LogP contribution >= 0.6 is 15.9 Å². The van der Waals surface area contributed by atoms with Gasteiger partial charge in [0.2, 0.25) is 0 Å². The number of nitrogens with zero attached hydrogens (tertiary/aromatic N) is 2. The minimum atomic E-state index is 0.416. The molecule has 0 unspecified atom stereocenters. The lowest BCUT2D eigenvalue weighted by atomic mass is 10.0. The van der Waals surface area contributed by atoms with Crippen LogP contribution in [-0.4, -0.2) is 21.4 Å². The van der Waals surface area contributed by atoms with Gasteiger partial charge in [0.1, 0.15) is 23.6 Å². The Bertz CT molecular complexity index is 1100. The van der Waals surface area contributed by atoms with E-state index in [2.05, 4.69) is 31.1 Å². The van der Waals surface area contributed by atoms with E-state index in [0.29, 0.717) is 6.42 Å². The summed E-state index contributed by atoms with van der Waals surface area (Å²) in [5.74, 6) is 1.48. The average molecular weight is 422 g/mol. The van der Waals surface area contributed by atoms with E-state index >= 15 is 0 Å². The van der Waals surface area contributed by atoms with Crippen LogP contribution in [0.25, 0.3) is 33.9 Å². The predicted octanol–water partition coefficient (Wildman–Crippen LogP) is 5.21. The van der Waals surface area contributed by atoms with Crippen molar-refractivity contribution in [3.05, 3.63) is 70.5 Å². The van der Waals surface area contributed by atoms with Gasteiger partial charge < -0.3 is 14.3 Å². The van der Waals surface area contributed by atoms with Crippen LogP contribution in [0.2, 0.25) is 0 Å². The van der Waals surface area contributed by atoms with Crippen molar-refractivity contribution < 1.29 is 9.32 Å². The maximum Gasteiger partial charge on any atom is 0.143 e. The minimum Gasteiger partial charge on any atom is -0.360 e. The first-order chi connectivity index (χ1) is 13.2. The highest BCUT2D eigenvalue weighted by Gasteiger charge is 2.19.